The second-order valence-electron chi connectivity index (χ2n) is 6.52. The van der Waals surface area contributed by atoms with Crippen molar-refractivity contribution in [2.45, 2.75) is 33.2 Å². The van der Waals surface area contributed by atoms with Crippen LogP contribution in [0.15, 0.2) is 30.5 Å². The summed E-state index contributed by atoms with van der Waals surface area (Å²) in [5.74, 6) is 0.697. The van der Waals surface area contributed by atoms with E-state index >= 15 is 0 Å². The molecule has 0 fully saturated rings. The summed E-state index contributed by atoms with van der Waals surface area (Å²) in [4.78, 5) is 20.3. The number of rotatable bonds is 8. The van der Waals surface area contributed by atoms with Gasteiger partial charge >= 0.3 is 0 Å². The third-order valence-corrected chi connectivity index (χ3v) is 3.71. The van der Waals surface area contributed by atoms with Crippen molar-refractivity contribution in [3.63, 3.8) is 0 Å². The molecule has 0 bridgehead atoms. The molecule has 0 saturated carbocycles. The highest BCUT2D eigenvalue weighted by Gasteiger charge is 2.15. The number of benzene rings is 1. The first-order valence-corrected chi connectivity index (χ1v) is 8.36. The van der Waals surface area contributed by atoms with E-state index in [4.69, 9.17) is 11.5 Å². The number of nitrogens with zero attached hydrogens (tertiary/aromatic N) is 2. The molecule has 0 aliphatic rings. The lowest BCUT2D eigenvalue weighted by atomic mass is 10.0. The molecule has 2 rings (SSSR count). The van der Waals surface area contributed by atoms with Crippen molar-refractivity contribution < 1.29 is 4.79 Å². The Labute approximate surface area is 148 Å². The van der Waals surface area contributed by atoms with Gasteiger partial charge in [0.1, 0.15) is 11.4 Å². The van der Waals surface area contributed by atoms with E-state index in [0.717, 1.165) is 17.7 Å². The lowest BCUT2D eigenvalue weighted by Gasteiger charge is -2.19. The van der Waals surface area contributed by atoms with Gasteiger partial charge in [-0.1, -0.05) is 26.0 Å². The van der Waals surface area contributed by atoms with E-state index in [2.05, 4.69) is 34.4 Å². The Morgan fingerprint density at radius 2 is 2.08 bits per heavy atom. The second-order valence-corrected chi connectivity index (χ2v) is 6.52. The van der Waals surface area contributed by atoms with Crippen LogP contribution >= 0.6 is 0 Å². The molecule has 0 saturated heterocycles. The molecule has 2 aromatic rings. The van der Waals surface area contributed by atoms with Crippen molar-refractivity contribution in [1.82, 2.24) is 9.97 Å². The van der Waals surface area contributed by atoms with Gasteiger partial charge in [-0.3, -0.25) is 4.79 Å². The molecule has 1 aromatic heterocycles. The van der Waals surface area contributed by atoms with Crippen molar-refractivity contribution >= 4 is 23.4 Å². The monoisotopic (exact) mass is 342 g/mol. The normalized spacial score (nSPS) is 12.0. The van der Waals surface area contributed by atoms with Gasteiger partial charge in [0.05, 0.1) is 0 Å². The first kappa shape index (κ1) is 18.7. The van der Waals surface area contributed by atoms with Gasteiger partial charge in [0.25, 0.3) is 5.91 Å². The van der Waals surface area contributed by atoms with Gasteiger partial charge in [-0.25, -0.2) is 4.98 Å². The van der Waals surface area contributed by atoms with Crippen LogP contribution in [0, 0.1) is 12.8 Å². The molecule has 25 heavy (non-hydrogen) atoms. The Morgan fingerprint density at radius 3 is 2.68 bits per heavy atom. The molecule has 1 heterocycles. The zero-order valence-corrected chi connectivity index (χ0v) is 14.9. The maximum Gasteiger partial charge on any atom is 0.254 e. The van der Waals surface area contributed by atoms with Gasteiger partial charge in [0.15, 0.2) is 0 Å². The quantitative estimate of drug-likeness (QED) is 0.585. The minimum atomic E-state index is -0.584. The van der Waals surface area contributed by atoms with E-state index in [1.807, 2.05) is 31.2 Å². The van der Waals surface area contributed by atoms with Crippen LogP contribution in [0.2, 0.25) is 0 Å². The molecule has 7 nitrogen and oxygen atoms in total. The maximum absolute atomic E-state index is 11.7. The highest BCUT2D eigenvalue weighted by Crippen LogP contribution is 2.21. The van der Waals surface area contributed by atoms with Gasteiger partial charge in [0, 0.05) is 24.5 Å². The Bertz CT molecular complexity index is 731. The Balaban J connectivity index is 2.28. The molecular weight excluding hydrogens is 316 g/mol. The first-order valence-electron chi connectivity index (χ1n) is 8.36. The Hall–Kier alpha value is -2.67. The van der Waals surface area contributed by atoms with Crippen molar-refractivity contribution in [3.8, 4) is 0 Å². The molecule has 1 atom stereocenters. The average Bonchev–Trinajstić information content (AvgIpc) is 2.53. The largest absolute Gasteiger partial charge is 0.365 e. The lowest BCUT2D eigenvalue weighted by molar-refractivity contribution is 0.100. The third-order valence-electron chi connectivity index (χ3n) is 3.71. The molecule has 7 heteroatoms. The van der Waals surface area contributed by atoms with Crippen LogP contribution in [0.4, 0.5) is 17.5 Å². The van der Waals surface area contributed by atoms with Gasteiger partial charge in [-0.15, -0.1) is 0 Å². The molecular formula is C18H26N6O. The van der Waals surface area contributed by atoms with Gasteiger partial charge in [-0.2, -0.15) is 4.98 Å². The number of aromatic nitrogens is 2. The van der Waals surface area contributed by atoms with Crippen molar-refractivity contribution in [2.24, 2.45) is 17.4 Å². The van der Waals surface area contributed by atoms with Crippen molar-refractivity contribution in [1.29, 1.82) is 0 Å². The number of hydrogen-bond donors (Lipinski definition) is 4. The molecule has 1 amide bonds. The minimum absolute atomic E-state index is 0.0613. The Morgan fingerprint density at radius 1 is 1.32 bits per heavy atom. The van der Waals surface area contributed by atoms with Gasteiger partial charge in [-0.05, 0) is 37.0 Å². The second kappa shape index (κ2) is 8.43. The van der Waals surface area contributed by atoms with E-state index in [1.165, 1.54) is 6.20 Å². The standard InChI is InChI=1S/C18H26N6O/c1-11(2)7-14(9-19)23-18-21-10-15(16(20)25)17(24-18)22-13-6-4-5-12(3)8-13/h4-6,8,10-11,14H,7,9,19H2,1-3H3,(H2,20,25)(H2,21,22,23,24)/t14-/m1/s1. The van der Waals surface area contributed by atoms with Crippen molar-refractivity contribution in [2.75, 3.05) is 17.2 Å². The van der Waals surface area contributed by atoms with Crippen LogP contribution in [0.1, 0.15) is 36.2 Å². The summed E-state index contributed by atoms with van der Waals surface area (Å²) in [5, 5.41) is 6.37. The lowest BCUT2D eigenvalue weighted by Crippen LogP contribution is -2.31. The number of hydrogen-bond acceptors (Lipinski definition) is 6. The van der Waals surface area contributed by atoms with E-state index < -0.39 is 5.91 Å². The number of carbonyl (C=O) groups is 1. The molecule has 0 unspecified atom stereocenters. The van der Waals surface area contributed by atoms with Gasteiger partial charge in [0.2, 0.25) is 5.95 Å². The fourth-order valence-corrected chi connectivity index (χ4v) is 2.55. The molecule has 1 aromatic carbocycles. The zero-order chi connectivity index (χ0) is 18.4. The van der Waals surface area contributed by atoms with Gasteiger partial charge < -0.3 is 22.1 Å². The van der Waals surface area contributed by atoms with Crippen LogP contribution in [0.25, 0.3) is 0 Å². The van der Waals surface area contributed by atoms with Crippen LogP contribution in [-0.2, 0) is 0 Å². The van der Waals surface area contributed by atoms with E-state index in [9.17, 15) is 4.79 Å². The smallest absolute Gasteiger partial charge is 0.254 e. The number of anilines is 3. The molecule has 0 spiro atoms. The van der Waals surface area contributed by atoms with Crippen LogP contribution < -0.4 is 22.1 Å². The molecule has 0 aliphatic heterocycles. The predicted octanol–water partition coefficient (Wildman–Crippen LogP) is 2.41. The van der Waals surface area contributed by atoms with E-state index in [-0.39, 0.29) is 11.6 Å². The van der Waals surface area contributed by atoms with Crippen molar-refractivity contribution in [3.05, 3.63) is 41.6 Å². The molecule has 6 N–H and O–H groups in total. The number of nitrogens with two attached hydrogens (primary N) is 2. The fourth-order valence-electron chi connectivity index (χ4n) is 2.55. The fraction of sp³-hybridized carbons (Fsp3) is 0.389. The number of carbonyl (C=O) groups excluding carboxylic acids is 1. The highest BCUT2D eigenvalue weighted by molar-refractivity contribution is 5.98. The topological polar surface area (TPSA) is 119 Å². The number of nitrogens with one attached hydrogen (secondary N) is 2. The summed E-state index contributed by atoms with van der Waals surface area (Å²) >= 11 is 0. The van der Waals surface area contributed by atoms with E-state index in [1.54, 1.807) is 0 Å². The third kappa shape index (κ3) is 5.42. The zero-order valence-electron chi connectivity index (χ0n) is 14.9. The van der Waals surface area contributed by atoms with E-state index in [0.29, 0.717) is 24.2 Å². The number of primary amides is 1. The summed E-state index contributed by atoms with van der Waals surface area (Å²) in [6, 6.07) is 7.83. The maximum atomic E-state index is 11.7. The predicted molar refractivity (Wildman–Crippen MR) is 101 cm³/mol. The molecule has 0 radical (unpaired) electrons. The average molecular weight is 342 g/mol. The number of amides is 1. The SMILES string of the molecule is Cc1cccc(Nc2nc(N[C@@H](CN)CC(C)C)ncc2C(N)=O)c1. The summed E-state index contributed by atoms with van der Waals surface area (Å²) in [7, 11) is 0. The molecule has 134 valence electrons. The minimum Gasteiger partial charge on any atom is -0.365 e. The van der Waals surface area contributed by atoms with Crippen LogP contribution in [-0.4, -0.2) is 28.5 Å². The number of aryl methyl sites for hydroxylation is 1. The summed E-state index contributed by atoms with van der Waals surface area (Å²) in [6.07, 6.45) is 2.33. The summed E-state index contributed by atoms with van der Waals surface area (Å²) in [6.45, 7) is 6.73. The first-order chi connectivity index (χ1) is 11.9. The highest BCUT2D eigenvalue weighted by atomic mass is 16.1. The summed E-state index contributed by atoms with van der Waals surface area (Å²) in [5.41, 5.74) is 13.4. The summed E-state index contributed by atoms with van der Waals surface area (Å²) < 4.78 is 0. The van der Waals surface area contributed by atoms with Crippen LogP contribution in [0.3, 0.4) is 0 Å². The Kier molecular flexibility index (Phi) is 6.30. The molecule has 0 aliphatic carbocycles. The van der Waals surface area contributed by atoms with Crippen LogP contribution in [0.5, 0.6) is 0 Å².